The molecule has 0 amide bonds. The minimum Gasteiger partial charge on any atom is -0.374 e. The van der Waals surface area contributed by atoms with Crippen LogP contribution in [0, 0.1) is 5.92 Å². The van der Waals surface area contributed by atoms with Crippen LogP contribution >= 0.6 is 11.8 Å². The Kier molecular flexibility index (Phi) is 7.83. The molecule has 2 atom stereocenters. The van der Waals surface area contributed by atoms with E-state index in [0.29, 0.717) is 5.92 Å². The van der Waals surface area contributed by atoms with Gasteiger partial charge in [-0.05, 0) is 24.5 Å². The maximum atomic E-state index is 5.87. The zero-order valence-electron chi connectivity index (χ0n) is 14.3. The van der Waals surface area contributed by atoms with Crippen LogP contribution in [-0.4, -0.2) is 74.3 Å². The number of ether oxygens (including phenoxy) is 1. The van der Waals surface area contributed by atoms with Crippen molar-refractivity contribution in [3.63, 3.8) is 0 Å². The Hall–Kier alpha value is -0.460. The van der Waals surface area contributed by atoms with Gasteiger partial charge in [0, 0.05) is 45.0 Å². The largest absolute Gasteiger partial charge is 0.374 e. The number of nitrogens with zero attached hydrogens (tertiary/aromatic N) is 2. The highest BCUT2D eigenvalue weighted by Crippen LogP contribution is 2.25. The third kappa shape index (κ3) is 6.34. The fourth-order valence-corrected chi connectivity index (χ4v) is 4.23. The van der Waals surface area contributed by atoms with Crippen molar-refractivity contribution >= 4 is 17.7 Å². The summed E-state index contributed by atoms with van der Waals surface area (Å²) < 4.78 is 5.87. The van der Waals surface area contributed by atoms with Gasteiger partial charge < -0.3 is 15.4 Å². The number of thioether (sulfide) groups is 1. The summed E-state index contributed by atoms with van der Waals surface area (Å²) in [5, 5.41) is 7.60. The molecule has 0 aliphatic carbocycles. The lowest BCUT2D eigenvalue weighted by atomic mass is 10.2. The number of rotatable bonds is 6. The van der Waals surface area contributed by atoms with E-state index >= 15 is 0 Å². The predicted octanol–water partition coefficient (Wildman–Crippen LogP) is 1.40. The Morgan fingerprint density at radius 2 is 2.18 bits per heavy atom. The molecular weight excluding hydrogens is 296 g/mol. The second-order valence-corrected chi connectivity index (χ2v) is 8.02. The van der Waals surface area contributed by atoms with Crippen LogP contribution in [0.25, 0.3) is 0 Å². The van der Waals surface area contributed by atoms with Gasteiger partial charge in [0.2, 0.25) is 0 Å². The fraction of sp³-hybridized carbons (Fsp3) is 0.938. The number of aliphatic imine (C=N–C) groups is 1. The maximum Gasteiger partial charge on any atom is 0.191 e. The molecule has 22 heavy (non-hydrogen) atoms. The zero-order chi connectivity index (χ0) is 15.8. The molecular formula is C16H32N4OS. The lowest BCUT2D eigenvalue weighted by molar-refractivity contribution is -0.0284. The topological polar surface area (TPSA) is 48.9 Å². The van der Waals surface area contributed by atoms with Crippen molar-refractivity contribution in [2.75, 3.05) is 52.1 Å². The minimum absolute atomic E-state index is 0.256. The Balaban J connectivity index is 1.66. The van der Waals surface area contributed by atoms with Crippen LogP contribution in [0.4, 0.5) is 0 Å². The molecule has 0 aromatic heterocycles. The highest BCUT2D eigenvalue weighted by atomic mass is 32.2. The predicted molar refractivity (Wildman–Crippen MR) is 95.9 cm³/mol. The van der Waals surface area contributed by atoms with Crippen molar-refractivity contribution in [3.05, 3.63) is 0 Å². The molecule has 2 rings (SSSR count). The zero-order valence-corrected chi connectivity index (χ0v) is 15.1. The first-order chi connectivity index (χ1) is 10.7. The summed E-state index contributed by atoms with van der Waals surface area (Å²) in [6, 6.07) is 0. The number of guanidine groups is 1. The summed E-state index contributed by atoms with van der Waals surface area (Å²) >= 11 is 2.07. The standard InChI is InChI=1S/C16H32N4OS/c1-13(2)11-20-6-7-21-14(12-20)9-18-16(17-3)19-10-15-5-4-8-22-15/h13-15H,4-12H2,1-3H3,(H2,17,18,19). The smallest absolute Gasteiger partial charge is 0.191 e. The molecule has 0 aromatic rings. The van der Waals surface area contributed by atoms with E-state index in [4.69, 9.17) is 4.74 Å². The van der Waals surface area contributed by atoms with Gasteiger partial charge in [-0.3, -0.25) is 9.89 Å². The molecule has 2 aliphatic heterocycles. The van der Waals surface area contributed by atoms with Gasteiger partial charge in [-0.2, -0.15) is 11.8 Å². The van der Waals surface area contributed by atoms with Crippen LogP contribution in [0.5, 0.6) is 0 Å². The van der Waals surface area contributed by atoms with Crippen LogP contribution in [0.1, 0.15) is 26.7 Å². The van der Waals surface area contributed by atoms with Crippen LogP contribution in [0.3, 0.4) is 0 Å². The van der Waals surface area contributed by atoms with E-state index in [2.05, 4.69) is 46.1 Å². The average Bonchev–Trinajstić information content (AvgIpc) is 3.00. The Morgan fingerprint density at radius 1 is 1.36 bits per heavy atom. The fourth-order valence-electron chi connectivity index (χ4n) is 3.03. The molecule has 2 aliphatic rings. The second-order valence-electron chi connectivity index (χ2n) is 6.62. The van der Waals surface area contributed by atoms with E-state index in [1.807, 2.05) is 7.05 Å². The monoisotopic (exact) mass is 328 g/mol. The Morgan fingerprint density at radius 3 is 2.86 bits per heavy atom. The lowest BCUT2D eigenvalue weighted by Gasteiger charge is -2.34. The Labute approximate surface area is 139 Å². The number of hydrogen-bond acceptors (Lipinski definition) is 4. The molecule has 2 fully saturated rings. The lowest BCUT2D eigenvalue weighted by Crippen LogP contribution is -2.50. The van der Waals surface area contributed by atoms with Crippen LogP contribution in [-0.2, 0) is 4.74 Å². The average molecular weight is 329 g/mol. The Bertz CT molecular complexity index is 345. The highest BCUT2D eigenvalue weighted by Gasteiger charge is 2.21. The van der Waals surface area contributed by atoms with E-state index < -0.39 is 0 Å². The molecule has 2 unspecified atom stereocenters. The van der Waals surface area contributed by atoms with Gasteiger partial charge in [-0.25, -0.2) is 0 Å². The molecule has 0 saturated carbocycles. The molecule has 128 valence electrons. The molecule has 2 N–H and O–H groups in total. The van der Waals surface area contributed by atoms with Crippen molar-refractivity contribution in [3.8, 4) is 0 Å². The summed E-state index contributed by atoms with van der Waals surface area (Å²) in [6.07, 6.45) is 2.93. The van der Waals surface area contributed by atoms with Crippen LogP contribution in [0.2, 0.25) is 0 Å². The van der Waals surface area contributed by atoms with Crippen molar-refractivity contribution < 1.29 is 4.74 Å². The third-order valence-corrected chi connectivity index (χ3v) is 5.49. The quantitative estimate of drug-likeness (QED) is 0.570. The first-order valence-electron chi connectivity index (χ1n) is 8.57. The normalized spacial score (nSPS) is 27.4. The highest BCUT2D eigenvalue weighted by molar-refractivity contribution is 8.00. The van der Waals surface area contributed by atoms with Gasteiger partial charge in [0.05, 0.1) is 12.7 Å². The maximum absolute atomic E-state index is 5.87. The molecule has 2 heterocycles. The number of nitrogens with one attached hydrogen (secondary N) is 2. The van der Waals surface area contributed by atoms with Crippen molar-refractivity contribution in [2.24, 2.45) is 10.9 Å². The molecule has 0 aromatic carbocycles. The van der Waals surface area contributed by atoms with E-state index in [9.17, 15) is 0 Å². The molecule has 0 spiro atoms. The third-order valence-electron chi connectivity index (χ3n) is 4.09. The van der Waals surface area contributed by atoms with E-state index in [1.54, 1.807) is 0 Å². The van der Waals surface area contributed by atoms with Crippen LogP contribution < -0.4 is 10.6 Å². The van der Waals surface area contributed by atoms with Crippen molar-refractivity contribution in [2.45, 2.75) is 38.0 Å². The van der Waals surface area contributed by atoms with Crippen molar-refractivity contribution in [1.29, 1.82) is 0 Å². The van der Waals surface area contributed by atoms with E-state index in [1.165, 1.54) is 18.6 Å². The van der Waals surface area contributed by atoms with Gasteiger partial charge in [0.1, 0.15) is 0 Å². The number of hydrogen-bond donors (Lipinski definition) is 2. The van der Waals surface area contributed by atoms with Gasteiger partial charge in [0.25, 0.3) is 0 Å². The summed E-state index contributed by atoms with van der Waals surface area (Å²) in [5.41, 5.74) is 0. The summed E-state index contributed by atoms with van der Waals surface area (Å²) in [5.74, 6) is 2.92. The summed E-state index contributed by atoms with van der Waals surface area (Å²) in [6.45, 7) is 10.4. The van der Waals surface area contributed by atoms with Crippen molar-refractivity contribution in [1.82, 2.24) is 15.5 Å². The molecule has 2 saturated heterocycles. The minimum atomic E-state index is 0.256. The first kappa shape index (κ1) is 17.9. The first-order valence-corrected chi connectivity index (χ1v) is 9.62. The van der Waals surface area contributed by atoms with E-state index in [-0.39, 0.29) is 6.10 Å². The van der Waals surface area contributed by atoms with Gasteiger partial charge in [-0.15, -0.1) is 0 Å². The SMILES string of the molecule is CN=C(NCC1CN(CC(C)C)CCO1)NCC1CCCS1. The van der Waals surface area contributed by atoms with Gasteiger partial charge >= 0.3 is 0 Å². The molecule has 0 bridgehead atoms. The van der Waals surface area contributed by atoms with Gasteiger partial charge in [0.15, 0.2) is 5.96 Å². The van der Waals surface area contributed by atoms with Crippen LogP contribution in [0.15, 0.2) is 4.99 Å². The molecule has 0 radical (unpaired) electrons. The second kappa shape index (κ2) is 9.63. The molecule has 6 heteroatoms. The molecule has 5 nitrogen and oxygen atoms in total. The van der Waals surface area contributed by atoms with Gasteiger partial charge in [-0.1, -0.05) is 13.8 Å². The number of morpholine rings is 1. The van der Waals surface area contributed by atoms with E-state index in [0.717, 1.165) is 50.5 Å². The summed E-state index contributed by atoms with van der Waals surface area (Å²) in [7, 11) is 1.84. The summed E-state index contributed by atoms with van der Waals surface area (Å²) in [4.78, 5) is 6.82.